The largest absolute Gasteiger partial charge is 0.324 e. The van der Waals surface area contributed by atoms with Crippen LogP contribution < -0.4 is 5.73 Å². The Balaban J connectivity index is 2.87. The monoisotopic (exact) mass is 277 g/mol. The molecule has 0 aromatic carbocycles. The molecule has 1 unspecified atom stereocenters. The van der Waals surface area contributed by atoms with Gasteiger partial charge in [-0.3, -0.25) is 4.68 Å². The van der Waals surface area contributed by atoms with Crippen molar-refractivity contribution in [3.8, 4) is 0 Å². The van der Waals surface area contributed by atoms with Crippen molar-refractivity contribution in [3.63, 3.8) is 0 Å². The van der Waals surface area contributed by atoms with Gasteiger partial charge in [-0.1, -0.05) is 6.08 Å². The van der Waals surface area contributed by atoms with Gasteiger partial charge in [-0.05, 0) is 29.0 Å². The highest BCUT2D eigenvalue weighted by atomic mass is 127. The van der Waals surface area contributed by atoms with E-state index in [9.17, 15) is 0 Å². The molecule has 4 heteroatoms. The van der Waals surface area contributed by atoms with E-state index in [1.54, 1.807) is 0 Å². The molecule has 0 bridgehead atoms. The molecule has 12 heavy (non-hydrogen) atoms. The third kappa shape index (κ3) is 1.87. The van der Waals surface area contributed by atoms with Gasteiger partial charge in [-0.15, -0.1) is 6.58 Å². The van der Waals surface area contributed by atoms with Crippen LogP contribution in [0.25, 0.3) is 0 Å². The first kappa shape index (κ1) is 9.73. The molecule has 3 nitrogen and oxygen atoms in total. The van der Waals surface area contributed by atoms with E-state index >= 15 is 0 Å². The predicted molar refractivity (Wildman–Crippen MR) is 57.7 cm³/mol. The third-order valence-electron chi connectivity index (χ3n) is 1.71. The van der Waals surface area contributed by atoms with E-state index in [2.05, 4.69) is 34.3 Å². The molecule has 0 aliphatic rings. The summed E-state index contributed by atoms with van der Waals surface area (Å²) in [4.78, 5) is 0. The molecule has 1 heterocycles. The zero-order valence-corrected chi connectivity index (χ0v) is 9.15. The Hall–Kier alpha value is -0.360. The van der Waals surface area contributed by atoms with E-state index in [-0.39, 0.29) is 6.04 Å². The molecule has 0 spiro atoms. The molecule has 0 saturated carbocycles. The highest BCUT2D eigenvalue weighted by Crippen LogP contribution is 2.19. The summed E-state index contributed by atoms with van der Waals surface area (Å²) >= 11 is 2.24. The molecule has 2 N–H and O–H groups in total. The van der Waals surface area contributed by atoms with Crippen LogP contribution in [-0.4, -0.2) is 9.78 Å². The molecule has 1 atom stereocenters. The molecule has 0 saturated heterocycles. The highest BCUT2D eigenvalue weighted by molar-refractivity contribution is 14.1. The average molecular weight is 277 g/mol. The lowest BCUT2D eigenvalue weighted by atomic mass is 10.1. The molecule has 0 fully saturated rings. The van der Waals surface area contributed by atoms with E-state index in [1.165, 1.54) is 0 Å². The Morgan fingerprint density at radius 3 is 3.00 bits per heavy atom. The molecular formula is C8H12IN3. The molecular weight excluding hydrogens is 265 g/mol. The second-order valence-electron chi connectivity index (χ2n) is 2.65. The zero-order valence-electron chi connectivity index (χ0n) is 7.00. The van der Waals surface area contributed by atoms with Gasteiger partial charge in [0.25, 0.3) is 0 Å². The van der Waals surface area contributed by atoms with E-state index in [4.69, 9.17) is 5.73 Å². The summed E-state index contributed by atoms with van der Waals surface area (Å²) in [7, 11) is 1.91. The third-order valence-corrected chi connectivity index (χ3v) is 3.03. The first-order chi connectivity index (χ1) is 5.66. The molecule has 0 aliphatic carbocycles. The van der Waals surface area contributed by atoms with Gasteiger partial charge in [-0.2, -0.15) is 5.10 Å². The molecule has 1 aromatic rings. The lowest BCUT2D eigenvalue weighted by molar-refractivity contribution is 0.718. The van der Waals surface area contributed by atoms with E-state index < -0.39 is 0 Å². The van der Waals surface area contributed by atoms with E-state index in [0.717, 1.165) is 15.7 Å². The number of nitrogens with two attached hydrogens (primary N) is 1. The van der Waals surface area contributed by atoms with Crippen LogP contribution in [0.2, 0.25) is 0 Å². The molecule has 1 aromatic heterocycles. The summed E-state index contributed by atoms with van der Waals surface area (Å²) in [6, 6.07) is 0.0306. The van der Waals surface area contributed by atoms with Crippen molar-refractivity contribution in [1.29, 1.82) is 0 Å². The second kappa shape index (κ2) is 4.04. The van der Waals surface area contributed by atoms with Crippen LogP contribution in [0, 0.1) is 3.70 Å². The van der Waals surface area contributed by atoms with Crippen molar-refractivity contribution in [2.75, 3.05) is 0 Å². The quantitative estimate of drug-likeness (QED) is 0.673. The van der Waals surface area contributed by atoms with Gasteiger partial charge in [0.15, 0.2) is 0 Å². The van der Waals surface area contributed by atoms with Gasteiger partial charge in [0.05, 0.1) is 6.20 Å². The molecule has 1 rings (SSSR count). The van der Waals surface area contributed by atoms with Gasteiger partial charge >= 0.3 is 0 Å². The smallest absolute Gasteiger partial charge is 0.103 e. The maximum absolute atomic E-state index is 5.89. The van der Waals surface area contributed by atoms with Gasteiger partial charge < -0.3 is 5.73 Å². The van der Waals surface area contributed by atoms with Crippen LogP contribution in [-0.2, 0) is 7.05 Å². The van der Waals surface area contributed by atoms with Crippen LogP contribution in [0.3, 0.4) is 0 Å². The predicted octanol–water partition coefficient (Wildman–Crippen LogP) is 1.60. The summed E-state index contributed by atoms with van der Waals surface area (Å²) in [5.41, 5.74) is 6.99. The lowest BCUT2D eigenvalue weighted by Crippen LogP contribution is -2.10. The summed E-state index contributed by atoms with van der Waals surface area (Å²) in [6.07, 6.45) is 4.44. The Bertz CT molecular complexity index is 280. The Labute approximate surface area is 85.8 Å². The fraction of sp³-hybridized carbons (Fsp3) is 0.375. The number of rotatable bonds is 3. The number of halogens is 1. The summed E-state index contributed by atoms with van der Waals surface area (Å²) < 4.78 is 2.92. The van der Waals surface area contributed by atoms with Crippen molar-refractivity contribution < 1.29 is 0 Å². The lowest BCUT2D eigenvalue weighted by Gasteiger charge is -2.06. The van der Waals surface area contributed by atoms with Gasteiger partial charge in [0, 0.05) is 18.7 Å². The number of hydrogen-bond acceptors (Lipinski definition) is 2. The van der Waals surface area contributed by atoms with Crippen LogP contribution in [0.1, 0.15) is 18.0 Å². The van der Waals surface area contributed by atoms with Crippen molar-refractivity contribution in [2.24, 2.45) is 12.8 Å². The summed E-state index contributed by atoms with van der Waals surface area (Å²) in [5.74, 6) is 0. The van der Waals surface area contributed by atoms with Gasteiger partial charge in [0.2, 0.25) is 0 Å². The maximum Gasteiger partial charge on any atom is 0.103 e. The second-order valence-corrected chi connectivity index (χ2v) is 3.67. The van der Waals surface area contributed by atoms with Gasteiger partial charge in [-0.25, -0.2) is 0 Å². The van der Waals surface area contributed by atoms with Crippen LogP contribution in [0.5, 0.6) is 0 Å². The summed E-state index contributed by atoms with van der Waals surface area (Å²) in [5, 5.41) is 4.11. The fourth-order valence-corrected chi connectivity index (χ4v) is 1.66. The average Bonchev–Trinajstić information content (AvgIpc) is 2.34. The van der Waals surface area contributed by atoms with Crippen molar-refractivity contribution in [2.45, 2.75) is 12.5 Å². The standard InChI is InChI=1S/C8H12IN3/c1-3-4-7(10)6-5-11-12(2)8(6)9/h3,5,7H,1,4,10H2,2H3. The molecule has 66 valence electrons. The Kier molecular flexibility index (Phi) is 3.28. The normalized spacial score (nSPS) is 12.9. The maximum atomic E-state index is 5.89. The van der Waals surface area contributed by atoms with Crippen LogP contribution in [0.4, 0.5) is 0 Å². The molecule has 0 aliphatic heterocycles. The minimum absolute atomic E-state index is 0.0306. The number of aryl methyl sites for hydroxylation is 1. The number of hydrogen-bond donors (Lipinski definition) is 1. The summed E-state index contributed by atoms with van der Waals surface area (Å²) in [6.45, 7) is 3.65. The SMILES string of the molecule is C=CCC(N)c1cnn(C)c1I. The molecule has 0 amide bonds. The van der Waals surface area contributed by atoms with Gasteiger partial charge in [0.1, 0.15) is 3.70 Å². The van der Waals surface area contributed by atoms with Crippen LogP contribution in [0.15, 0.2) is 18.9 Å². The highest BCUT2D eigenvalue weighted by Gasteiger charge is 2.11. The van der Waals surface area contributed by atoms with Crippen molar-refractivity contribution >= 4 is 22.6 Å². The first-order valence-electron chi connectivity index (χ1n) is 3.70. The Morgan fingerprint density at radius 2 is 2.58 bits per heavy atom. The molecule has 0 radical (unpaired) electrons. The van der Waals surface area contributed by atoms with Crippen molar-refractivity contribution in [1.82, 2.24) is 9.78 Å². The van der Waals surface area contributed by atoms with Crippen molar-refractivity contribution in [3.05, 3.63) is 28.1 Å². The number of aromatic nitrogens is 2. The van der Waals surface area contributed by atoms with E-state index in [0.29, 0.717) is 0 Å². The topological polar surface area (TPSA) is 43.8 Å². The minimum Gasteiger partial charge on any atom is -0.324 e. The Morgan fingerprint density at radius 1 is 1.92 bits per heavy atom. The van der Waals surface area contributed by atoms with E-state index in [1.807, 2.05) is 24.0 Å². The van der Waals surface area contributed by atoms with Crippen LogP contribution >= 0.6 is 22.6 Å². The zero-order chi connectivity index (χ0) is 9.14. The minimum atomic E-state index is 0.0306. The first-order valence-corrected chi connectivity index (χ1v) is 4.78. The fourth-order valence-electron chi connectivity index (χ4n) is 0.995. The number of nitrogens with zero attached hydrogens (tertiary/aromatic N) is 2.